The van der Waals surface area contributed by atoms with Crippen molar-refractivity contribution < 1.29 is 4.79 Å². The standard InChI is InChI=1S/C9H14O/c1-2-3-5-9(8-10)6-4-7-9/h2-3,8H,4-7H2,1H3/b3-2+. The van der Waals surface area contributed by atoms with Crippen LogP contribution in [-0.2, 0) is 4.79 Å². The molecular formula is C9H14O. The Labute approximate surface area is 62.1 Å². The average Bonchev–Trinajstić information content (AvgIpc) is 1.87. The molecule has 1 heteroatoms. The largest absolute Gasteiger partial charge is 0.303 e. The number of hydrogen-bond donors (Lipinski definition) is 0. The molecule has 1 nitrogen and oxygen atoms in total. The normalized spacial score (nSPS) is 22.5. The molecule has 56 valence electrons. The molecule has 10 heavy (non-hydrogen) atoms. The van der Waals surface area contributed by atoms with E-state index < -0.39 is 0 Å². The van der Waals surface area contributed by atoms with E-state index in [2.05, 4.69) is 6.08 Å². The molecular weight excluding hydrogens is 124 g/mol. The Morgan fingerprint density at radius 1 is 1.50 bits per heavy atom. The van der Waals surface area contributed by atoms with Gasteiger partial charge in [0.15, 0.2) is 0 Å². The summed E-state index contributed by atoms with van der Waals surface area (Å²) in [6.07, 6.45) is 9.62. The van der Waals surface area contributed by atoms with Crippen LogP contribution in [0.25, 0.3) is 0 Å². The lowest BCUT2D eigenvalue weighted by molar-refractivity contribution is -0.120. The van der Waals surface area contributed by atoms with Gasteiger partial charge in [0, 0.05) is 5.41 Å². The lowest BCUT2D eigenvalue weighted by atomic mass is 9.68. The molecule has 0 N–H and O–H groups in total. The molecule has 0 aromatic carbocycles. The monoisotopic (exact) mass is 138 g/mol. The van der Waals surface area contributed by atoms with Crippen LogP contribution in [0.1, 0.15) is 32.6 Å². The van der Waals surface area contributed by atoms with Crippen LogP contribution in [0.4, 0.5) is 0 Å². The van der Waals surface area contributed by atoms with Gasteiger partial charge in [0.1, 0.15) is 6.29 Å². The Bertz CT molecular complexity index is 143. The lowest BCUT2D eigenvalue weighted by Crippen LogP contribution is -2.30. The molecule has 0 spiro atoms. The highest BCUT2D eigenvalue weighted by atomic mass is 16.1. The molecule has 0 bridgehead atoms. The van der Waals surface area contributed by atoms with E-state index in [1.54, 1.807) is 0 Å². The Kier molecular flexibility index (Phi) is 2.25. The Hall–Kier alpha value is -0.590. The second-order valence-corrected chi connectivity index (χ2v) is 3.11. The first-order valence-electron chi connectivity index (χ1n) is 3.90. The molecule has 1 aliphatic rings. The SMILES string of the molecule is C/C=C/CC1(C=O)CCC1. The number of aldehydes is 1. The van der Waals surface area contributed by atoms with Gasteiger partial charge in [-0.3, -0.25) is 0 Å². The number of hydrogen-bond acceptors (Lipinski definition) is 1. The van der Waals surface area contributed by atoms with E-state index in [9.17, 15) is 4.79 Å². The van der Waals surface area contributed by atoms with Crippen molar-refractivity contribution in [3.63, 3.8) is 0 Å². The summed E-state index contributed by atoms with van der Waals surface area (Å²) < 4.78 is 0. The lowest BCUT2D eigenvalue weighted by Gasteiger charge is -2.35. The van der Waals surface area contributed by atoms with Crippen LogP contribution >= 0.6 is 0 Å². The number of carbonyl (C=O) groups is 1. The molecule has 0 atom stereocenters. The summed E-state index contributed by atoms with van der Waals surface area (Å²) in [7, 11) is 0. The maximum Gasteiger partial charge on any atom is 0.126 e. The molecule has 0 unspecified atom stereocenters. The van der Waals surface area contributed by atoms with E-state index in [1.165, 1.54) is 6.42 Å². The maximum atomic E-state index is 10.6. The zero-order chi connectivity index (χ0) is 7.45. The zero-order valence-electron chi connectivity index (χ0n) is 6.47. The summed E-state index contributed by atoms with van der Waals surface area (Å²) in [6, 6.07) is 0. The summed E-state index contributed by atoms with van der Waals surface area (Å²) in [6.45, 7) is 2.00. The third kappa shape index (κ3) is 1.28. The molecule has 0 amide bonds. The summed E-state index contributed by atoms with van der Waals surface area (Å²) in [5.41, 5.74) is 0.0481. The highest BCUT2D eigenvalue weighted by molar-refractivity contribution is 5.61. The third-order valence-electron chi connectivity index (χ3n) is 2.36. The molecule has 1 rings (SSSR count). The van der Waals surface area contributed by atoms with Gasteiger partial charge in [0.25, 0.3) is 0 Å². The molecule has 0 aromatic heterocycles. The van der Waals surface area contributed by atoms with E-state index in [0.29, 0.717) is 0 Å². The smallest absolute Gasteiger partial charge is 0.126 e. The minimum Gasteiger partial charge on any atom is -0.303 e. The highest BCUT2D eigenvalue weighted by Crippen LogP contribution is 2.42. The van der Waals surface area contributed by atoms with Gasteiger partial charge in [-0.1, -0.05) is 18.6 Å². The van der Waals surface area contributed by atoms with Gasteiger partial charge in [0.2, 0.25) is 0 Å². The van der Waals surface area contributed by atoms with Gasteiger partial charge in [-0.15, -0.1) is 0 Å². The van der Waals surface area contributed by atoms with E-state index in [-0.39, 0.29) is 5.41 Å². The predicted octanol–water partition coefficient (Wildman–Crippen LogP) is 2.32. The van der Waals surface area contributed by atoms with Crippen molar-refractivity contribution >= 4 is 6.29 Å². The topological polar surface area (TPSA) is 17.1 Å². The van der Waals surface area contributed by atoms with Crippen molar-refractivity contribution in [3.05, 3.63) is 12.2 Å². The van der Waals surface area contributed by atoms with Crippen LogP contribution in [0, 0.1) is 5.41 Å². The van der Waals surface area contributed by atoms with Gasteiger partial charge >= 0.3 is 0 Å². The van der Waals surface area contributed by atoms with Gasteiger partial charge in [-0.05, 0) is 26.2 Å². The van der Waals surface area contributed by atoms with Crippen molar-refractivity contribution in [2.24, 2.45) is 5.41 Å². The maximum absolute atomic E-state index is 10.6. The van der Waals surface area contributed by atoms with E-state index in [4.69, 9.17) is 0 Å². The summed E-state index contributed by atoms with van der Waals surface area (Å²) in [5, 5.41) is 0. The van der Waals surface area contributed by atoms with E-state index in [1.807, 2.05) is 13.0 Å². The van der Waals surface area contributed by atoms with Crippen molar-refractivity contribution in [2.75, 3.05) is 0 Å². The van der Waals surface area contributed by atoms with Crippen molar-refractivity contribution in [3.8, 4) is 0 Å². The molecule has 0 aliphatic heterocycles. The van der Waals surface area contributed by atoms with Crippen LogP contribution in [0.3, 0.4) is 0 Å². The first kappa shape index (κ1) is 7.52. The highest BCUT2D eigenvalue weighted by Gasteiger charge is 2.34. The minimum absolute atomic E-state index is 0.0481. The predicted molar refractivity (Wildman–Crippen MR) is 41.8 cm³/mol. The Balaban J connectivity index is 2.40. The summed E-state index contributed by atoms with van der Waals surface area (Å²) in [5.74, 6) is 0. The second-order valence-electron chi connectivity index (χ2n) is 3.11. The third-order valence-corrected chi connectivity index (χ3v) is 2.36. The van der Waals surface area contributed by atoms with E-state index >= 15 is 0 Å². The second kappa shape index (κ2) is 3.00. The van der Waals surface area contributed by atoms with Crippen molar-refractivity contribution in [2.45, 2.75) is 32.6 Å². The van der Waals surface area contributed by atoms with E-state index in [0.717, 1.165) is 25.5 Å². The molecule has 0 saturated heterocycles. The first-order chi connectivity index (χ1) is 4.83. The van der Waals surface area contributed by atoms with Gasteiger partial charge in [-0.25, -0.2) is 0 Å². The van der Waals surface area contributed by atoms with Gasteiger partial charge < -0.3 is 4.79 Å². The Morgan fingerprint density at radius 3 is 2.50 bits per heavy atom. The zero-order valence-corrected chi connectivity index (χ0v) is 6.47. The van der Waals surface area contributed by atoms with Crippen LogP contribution in [0.2, 0.25) is 0 Å². The molecule has 1 fully saturated rings. The molecule has 1 saturated carbocycles. The molecule has 0 heterocycles. The van der Waals surface area contributed by atoms with Gasteiger partial charge in [-0.2, -0.15) is 0 Å². The van der Waals surface area contributed by atoms with Gasteiger partial charge in [0.05, 0.1) is 0 Å². The van der Waals surface area contributed by atoms with Crippen LogP contribution in [0.5, 0.6) is 0 Å². The fourth-order valence-electron chi connectivity index (χ4n) is 1.35. The minimum atomic E-state index is 0.0481. The first-order valence-corrected chi connectivity index (χ1v) is 3.90. The molecule has 0 aromatic rings. The van der Waals surface area contributed by atoms with Crippen LogP contribution in [0.15, 0.2) is 12.2 Å². The fraction of sp³-hybridized carbons (Fsp3) is 0.667. The number of allylic oxidation sites excluding steroid dienone is 2. The van der Waals surface area contributed by atoms with Crippen LogP contribution < -0.4 is 0 Å². The fourth-order valence-corrected chi connectivity index (χ4v) is 1.35. The van der Waals surface area contributed by atoms with Crippen molar-refractivity contribution in [1.29, 1.82) is 0 Å². The quantitative estimate of drug-likeness (QED) is 0.432. The Morgan fingerprint density at radius 2 is 2.20 bits per heavy atom. The molecule has 1 aliphatic carbocycles. The van der Waals surface area contributed by atoms with Crippen LogP contribution in [-0.4, -0.2) is 6.29 Å². The number of rotatable bonds is 3. The number of carbonyl (C=O) groups excluding carboxylic acids is 1. The van der Waals surface area contributed by atoms with Crippen molar-refractivity contribution in [1.82, 2.24) is 0 Å². The molecule has 0 radical (unpaired) electrons. The summed E-state index contributed by atoms with van der Waals surface area (Å²) in [4.78, 5) is 10.6. The average molecular weight is 138 g/mol. The summed E-state index contributed by atoms with van der Waals surface area (Å²) >= 11 is 0.